The quantitative estimate of drug-likeness (QED) is 0.729. The van der Waals surface area contributed by atoms with Gasteiger partial charge in [-0.25, -0.2) is 4.98 Å². The number of benzene rings is 1. The van der Waals surface area contributed by atoms with Crippen molar-refractivity contribution in [2.45, 2.75) is 13.3 Å². The molecule has 0 fully saturated rings. The number of thiazole rings is 1. The van der Waals surface area contributed by atoms with Crippen LogP contribution in [0.25, 0.3) is 11.0 Å². The van der Waals surface area contributed by atoms with Crippen molar-refractivity contribution in [2.75, 3.05) is 6.61 Å². The Bertz CT molecular complexity index is 838. The van der Waals surface area contributed by atoms with Gasteiger partial charge in [0.25, 0.3) is 5.56 Å². The summed E-state index contributed by atoms with van der Waals surface area (Å²) in [7, 11) is 0. The van der Waals surface area contributed by atoms with Crippen LogP contribution in [0.2, 0.25) is 0 Å². The third kappa shape index (κ3) is 2.30. The molecule has 6 heteroatoms. The fourth-order valence-electron chi connectivity index (χ4n) is 1.86. The molecule has 0 N–H and O–H groups in total. The van der Waals surface area contributed by atoms with Crippen LogP contribution in [0.3, 0.4) is 0 Å². The Kier molecular flexibility index (Phi) is 3.47. The Morgan fingerprint density at radius 1 is 1.40 bits per heavy atom. The van der Waals surface area contributed by atoms with Gasteiger partial charge in [-0.15, -0.1) is 0 Å². The van der Waals surface area contributed by atoms with Gasteiger partial charge in [0.05, 0.1) is 11.1 Å². The summed E-state index contributed by atoms with van der Waals surface area (Å²) in [4.78, 5) is 16.8. The van der Waals surface area contributed by atoms with E-state index in [0.29, 0.717) is 16.1 Å². The van der Waals surface area contributed by atoms with Crippen LogP contribution in [-0.4, -0.2) is 21.2 Å². The average Bonchev–Trinajstić information content (AvgIpc) is 3.02. The highest BCUT2D eigenvalue weighted by Gasteiger charge is 2.06. The lowest BCUT2D eigenvalue weighted by atomic mass is 10.2. The van der Waals surface area contributed by atoms with Crippen molar-refractivity contribution in [3.8, 4) is 5.75 Å². The van der Waals surface area contributed by atoms with Crippen molar-refractivity contribution in [3.63, 3.8) is 0 Å². The van der Waals surface area contributed by atoms with Crippen LogP contribution in [0.1, 0.15) is 18.9 Å². The molecule has 20 heavy (non-hydrogen) atoms. The van der Waals surface area contributed by atoms with Gasteiger partial charge in [0.1, 0.15) is 12.1 Å². The number of fused-ring (bicyclic) bond motifs is 1. The zero-order valence-corrected chi connectivity index (χ0v) is 11.8. The first kappa shape index (κ1) is 12.8. The number of hydrogen-bond acceptors (Lipinski definition) is 5. The zero-order valence-electron chi connectivity index (χ0n) is 10.9. The van der Waals surface area contributed by atoms with E-state index in [1.165, 1.54) is 22.2 Å². The second kappa shape index (κ2) is 5.42. The third-order valence-electron chi connectivity index (χ3n) is 2.79. The maximum atomic E-state index is 12.1. The van der Waals surface area contributed by atoms with Gasteiger partial charge >= 0.3 is 0 Å². The summed E-state index contributed by atoms with van der Waals surface area (Å²) in [6.07, 6.45) is 4.15. The lowest BCUT2D eigenvalue weighted by Crippen LogP contribution is -2.23. The Morgan fingerprint density at radius 3 is 3.05 bits per heavy atom. The molecule has 0 bridgehead atoms. The molecule has 102 valence electrons. The largest absolute Gasteiger partial charge is 0.493 e. The highest BCUT2D eigenvalue weighted by molar-refractivity contribution is 7.15. The highest BCUT2D eigenvalue weighted by atomic mass is 32.1. The van der Waals surface area contributed by atoms with Crippen LogP contribution >= 0.6 is 11.3 Å². The molecule has 2 heterocycles. The van der Waals surface area contributed by atoms with E-state index in [-0.39, 0.29) is 5.56 Å². The maximum Gasteiger partial charge on any atom is 0.291 e. The molecule has 0 saturated heterocycles. The lowest BCUT2D eigenvalue weighted by molar-refractivity contribution is 0.317. The number of nitrogens with zero attached hydrogens (tertiary/aromatic N) is 3. The van der Waals surface area contributed by atoms with Gasteiger partial charge in [-0.05, 0) is 18.6 Å². The standard InChI is InChI=1S/C14H13N3O2S/c1-2-7-19-11-6-4-3-5-10(11)8-12-13(18)17-14(20-12)15-9-16-17/h3-6,8-9H,2,7H2,1H3/b12-8-. The number of rotatable bonds is 4. The summed E-state index contributed by atoms with van der Waals surface area (Å²) in [5, 5.41) is 3.90. The Labute approximate surface area is 119 Å². The minimum Gasteiger partial charge on any atom is -0.493 e. The predicted molar refractivity (Wildman–Crippen MR) is 78.1 cm³/mol. The van der Waals surface area contributed by atoms with Crippen LogP contribution in [-0.2, 0) is 0 Å². The van der Waals surface area contributed by atoms with E-state index < -0.39 is 0 Å². The third-order valence-corrected chi connectivity index (χ3v) is 3.76. The van der Waals surface area contributed by atoms with Gasteiger partial charge in [0.2, 0.25) is 4.96 Å². The van der Waals surface area contributed by atoms with Crippen molar-refractivity contribution in [1.29, 1.82) is 0 Å². The number of ether oxygens (including phenoxy) is 1. The fourth-order valence-corrected chi connectivity index (χ4v) is 2.73. The van der Waals surface area contributed by atoms with Crippen molar-refractivity contribution >= 4 is 22.4 Å². The van der Waals surface area contributed by atoms with Crippen LogP contribution < -0.4 is 14.8 Å². The summed E-state index contributed by atoms with van der Waals surface area (Å²) in [5.74, 6) is 0.785. The fraction of sp³-hybridized carbons (Fsp3) is 0.214. The minimum atomic E-state index is -0.146. The topological polar surface area (TPSA) is 56.5 Å². The zero-order chi connectivity index (χ0) is 13.9. The van der Waals surface area contributed by atoms with Crippen molar-refractivity contribution in [1.82, 2.24) is 14.6 Å². The molecule has 1 aromatic carbocycles. The molecule has 0 aliphatic heterocycles. The molecule has 0 unspecified atom stereocenters. The van der Waals surface area contributed by atoms with E-state index in [4.69, 9.17) is 4.74 Å². The van der Waals surface area contributed by atoms with E-state index in [9.17, 15) is 4.79 Å². The Morgan fingerprint density at radius 2 is 2.25 bits per heavy atom. The smallest absolute Gasteiger partial charge is 0.291 e. The van der Waals surface area contributed by atoms with Gasteiger partial charge in [-0.3, -0.25) is 4.79 Å². The van der Waals surface area contributed by atoms with Crippen molar-refractivity contribution in [3.05, 3.63) is 51.0 Å². The summed E-state index contributed by atoms with van der Waals surface area (Å²) < 4.78 is 7.60. The number of hydrogen-bond donors (Lipinski definition) is 0. The summed E-state index contributed by atoms with van der Waals surface area (Å²) in [6.45, 7) is 2.71. The molecule has 0 aliphatic carbocycles. The predicted octanol–water partition coefficient (Wildman–Crippen LogP) is 1.49. The second-order valence-electron chi connectivity index (χ2n) is 4.26. The van der Waals surface area contributed by atoms with Crippen LogP contribution in [0, 0.1) is 0 Å². The summed E-state index contributed by atoms with van der Waals surface area (Å²) in [6, 6.07) is 7.68. The summed E-state index contributed by atoms with van der Waals surface area (Å²) >= 11 is 1.32. The van der Waals surface area contributed by atoms with Gasteiger partial charge < -0.3 is 4.74 Å². The Hall–Kier alpha value is -2.21. The normalized spacial score (nSPS) is 12.2. The molecule has 0 spiro atoms. The molecular weight excluding hydrogens is 274 g/mol. The molecule has 0 atom stereocenters. The molecule has 3 aromatic rings. The van der Waals surface area contributed by atoms with E-state index >= 15 is 0 Å². The van der Waals surface area contributed by atoms with Crippen molar-refractivity contribution < 1.29 is 4.74 Å². The van der Waals surface area contributed by atoms with E-state index in [0.717, 1.165) is 17.7 Å². The van der Waals surface area contributed by atoms with Gasteiger partial charge in [0.15, 0.2) is 0 Å². The van der Waals surface area contributed by atoms with E-state index in [2.05, 4.69) is 17.0 Å². The molecule has 0 aliphatic rings. The first-order valence-corrected chi connectivity index (χ1v) is 7.17. The first-order valence-electron chi connectivity index (χ1n) is 6.35. The van der Waals surface area contributed by atoms with E-state index in [1.54, 1.807) is 0 Å². The molecular formula is C14H13N3O2S. The van der Waals surface area contributed by atoms with Gasteiger partial charge in [0, 0.05) is 5.56 Å². The first-order chi connectivity index (χ1) is 9.79. The minimum absolute atomic E-state index is 0.146. The van der Waals surface area contributed by atoms with Crippen molar-refractivity contribution in [2.24, 2.45) is 0 Å². The molecule has 0 saturated carbocycles. The number of para-hydroxylation sites is 1. The van der Waals surface area contributed by atoms with Gasteiger partial charge in [-0.2, -0.15) is 9.61 Å². The van der Waals surface area contributed by atoms with Crippen LogP contribution in [0.15, 0.2) is 35.4 Å². The summed E-state index contributed by atoms with van der Waals surface area (Å²) in [5.41, 5.74) is 0.746. The lowest BCUT2D eigenvalue weighted by Gasteiger charge is -2.07. The van der Waals surface area contributed by atoms with E-state index in [1.807, 2.05) is 30.3 Å². The molecule has 0 amide bonds. The highest BCUT2D eigenvalue weighted by Crippen LogP contribution is 2.18. The second-order valence-corrected chi connectivity index (χ2v) is 5.27. The molecule has 2 aromatic heterocycles. The van der Waals surface area contributed by atoms with Crippen LogP contribution in [0.5, 0.6) is 5.75 Å². The molecule has 0 radical (unpaired) electrons. The number of aromatic nitrogens is 3. The molecule has 5 nitrogen and oxygen atoms in total. The average molecular weight is 287 g/mol. The Balaban J connectivity index is 2.09. The SMILES string of the molecule is CCCOc1ccccc1/C=c1\sc2ncnn2c1=O. The maximum absolute atomic E-state index is 12.1. The van der Waals surface area contributed by atoms with Gasteiger partial charge in [-0.1, -0.05) is 36.5 Å². The molecule has 3 rings (SSSR count). The monoisotopic (exact) mass is 287 g/mol. The van der Waals surface area contributed by atoms with Crippen LogP contribution in [0.4, 0.5) is 0 Å².